The molecule has 1 N–H and O–H groups in total. The Morgan fingerprint density at radius 1 is 1.17 bits per heavy atom. The first-order valence-corrected chi connectivity index (χ1v) is 12.2. The fourth-order valence-corrected chi connectivity index (χ4v) is 5.23. The number of pyridine rings is 1. The number of para-hydroxylation sites is 1. The lowest BCUT2D eigenvalue weighted by atomic mass is 10.00. The third-order valence-electron chi connectivity index (χ3n) is 6.33. The molecule has 0 atom stereocenters. The Kier molecular flexibility index (Phi) is 6.59. The van der Waals surface area contributed by atoms with E-state index in [1.165, 1.54) is 27.8 Å². The van der Waals surface area contributed by atoms with E-state index in [-0.39, 0.29) is 34.5 Å². The van der Waals surface area contributed by atoms with Gasteiger partial charge in [-0.2, -0.15) is 9.65 Å². The second-order valence-electron chi connectivity index (χ2n) is 8.50. The van der Waals surface area contributed by atoms with Crippen LogP contribution in [0, 0.1) is 22.4 Å². The van der Waals surface area contributed by atoms with E-state index in [1.54, 1.807) is 36.4 Å². The van der Waals surface area contributed by atoms with Gasteiger partial charge in [-0.1, -0.05) is 41.7 Å². The number of hydrogen-bond acceptors (Lipinski definition) is 6. The van der Waals surface area contributed by atoms with Gasteiger partial charge in [-0.05, 0) is 49.7 Å². The number of benzene rings is 2. The van der Waals surface area contributed by atoms with Crippen LogP contribution in [0.5, 0.6) is 0 Å². The predicted molar refractivity (Wildman–Crippen MR) is 133 cm³/mol. The number of hydrogen-bond donors (Lipinski definition) is 1. The number of aromatic nitrogens is 2. The molecular formula is C26H21F2N5O2S. The molecule has 0 spiro atoms. The number of piperidine rings is 1. The monoisotopic (exact) mass is 505 g/mol. The number of nitrogens with one attached hydrogen (secondary N) is 1. The molecule has 3 heterocycles. The third kappa shape index (κ3) is 4.39. The van der Waals surface area contributed by atoms with Gasteiger partial charge in [0.25, 0.3) is 16.7 Å². The summed E-state index contributed by atoms with van der Waals surface area (Å²) in [7, 11) is 0. The minimum atomic E-state index is -0.733. The van der Waals surface area contributed by atoms with Crippen LogP contribution < -0.4 is 15.8 Å². The van der Waals surface area contributed by atoms with Crippen molar-refractivity contribution in [3.05, 3.63) is 92.2 Å². The van der Waals surface area contributed by atoms with Gasteiger partial charge >= 0.3 is 0 Å². The Bertz CT molecular complexity index is 1530. The summed E-state index contributed by atoms with van der Waals surface area (Å²) in [5.74, 6) is -0.889. The molecule has 182 valence electrons. The van der Waals surface area contributed by atoms with E-state index < -0.39 is 16.7 Å². The number of carbonyl (C=O) groups is 1. The maximum absolute atomic E-state index is 13.7. The first-order chi connectivity index (χ1) is 17.5. The second kappa shape index (κ2) is 9.97. The number of fused-ring (bicyclic) bond motifs is 1. The fourth-order valence-electron chi connectivity index (χ4n) is 4.66. The summed E-state index contributed by atoms with van der Waals surface area (Å²) >= 11 is 0.630. The van der Waals surface area contributed by atoms with Crippen molar-refractivity contribution in [2.24, 2.45) is 0 Å². The topological polar surface area (TPSA) is 91.0 Å². The molecule has 2 aromatic carbocycles. The highest BCUT2D eigenvalue weighted by atomic mass is 32.1. The van der Waals surface area contributed by atoms with Gasteiger partial charge in [0, 0.05) is 11.4 Å². The molecule has 5 rings (SSSR count). The molecule has 1 amide bonds. The molecule has 4 aromatic rings. The lowest BCUT2D eigenvalue weighted by Crippen LogP contribution is -2.47. The summed E-state index contributed by atoms with van der Waals surface area (Å²) in [6.07, 6.45) is 2.39. The number of anilines is 1. The van der Waals surface area contributed by atoms with Gasteiger partial charge in [0.2, 0.25) is 0 Å². The molecule has 0 unspecified atom stereocenters. The van der Waals surface area contributed by atoms with Crippen LogP contribution in [0.25, 0.3) is 10.9 Å². The first kappa shape index (κ1) is 23.8. The van der Waals surface area contributed by atoms with E-state index in [9.17, 15) is 23.6 Å². The minimum absolute atomic E-state index is 0.0921. The van der Waals surface area contributed by atoms with Gasteiger partial charge in [0.15, 0.2) is 0 Å². The molecule has 0 bridgehead atoms. The van der Waals surface area contributed by atoms with E-state index in [4.69, 9.17) is 0 Å². The zero-order chi connectivity index (χ0) is 25.2. The summed E-state index contributed by atoms with van der Waals surface area (Å²) in [5.41, 5.74) is 0.708. The minimum Gasteiger partial charge on any atom is -0.317 e. The summed E-state index contributed by atoms with van der Waals surface area (Å²) in [4.78, 5) is 32.6. The zero-order valence-electron chi connectivity index (χ0n) is 19.1. The molecule has 1 aliphatic rings. The van der Waals surface area contributed by atoms with Gasteiger partial charge in [0.1, 0.15) is 22.3 Å². The van der Waals surface area contributed by atoms with Gasteiger partial charge in [0.05, 0.1) is 23.9 Å². The fraction of sp³-hybridized carbons (Fsp3) is 0.231. The van der Waals surface area contributed by atoms with Gasteiger partial charge in [-0.15, -0.1) is 0 Å². The smallest absolute Gasteiger partial charge is 0.271 e. The number of rotatable bonds is 5. The quantitative estimate of drug-likeness (QED) is 0.442. The van der Waals surface area contributed by atoms with Crippen molar-refractivity contribution in [1.29, 1.82) is 5.26 Å². The van der Waals surface area contributed by atoms with Crippen LogP contribution in [0.1, 0.15) is 33.6 Å². The number of nitriles is 1. The first-order valence-electron chi connectivity index (χ1n) is 11.4. The molecule has 7 nitrogen and oxygen atoms in total. The second-order valence-corrected chi connectivity index (χ2v) is 9.48. The maximum atomic E-state index is 13.7. The Hall–Kier alpha value is -3.94. The molecule has 0 radical (unpaired) electrons. The molecule has 1 aliphatic heterocycles. The van der Waals surface area contributed by atoms with E-state index in [2.05, 4.69) is 10.3 Å². The van der Waals surface area contributed by atoms with Crippen molar-refractivity contribution in [2.45, 2.75) is 25.4 Å². The van der Waals surface area contributed by atoms with E-state index >= 15 is 0 Å². The highest BCUT2D eigenvalue weighted by molar-refractivity contribution is 7.12. The Morgan fingerprint density at radius 2 is 1.89 bits per heavy atom. The van der Waals surface area contributed by atoms with Crippen LogP contribution in [0.4, 0.5) is 14.5 Å². The summed E-state index contributed by atoms with van der Waals surface area (Å²) < 4.78 is 28.6. The van der Waals surface area contributed by atoms with Gasteiger partial charge in [-0.3, -0.25) is 9.59 Å². The molecule has 10 heteroatoms. The standard InChI is InChI=1S/C26H21F2N5O2S/c27-17-7-5-16(6-8-17)15-32-21-4-2-1-3-19(21)23(20(13-29)24(32)34)33(18-9-11-30-12-10-18)25(35)22-14-31-26(28)36-22/h1-8,14,18,30H,9-12,15H2. The Morgan fingerprint density at radius 3 is 2.56 bits per heavy atom. The lowest BCUT2D eigenvalue weighted by molar-refractivity contribution is 0.0975. The number of carbonyl (C=O) groups excluding carboxylic acids is 1. The highest BCUT2D eigenvalue weighted by Gasteiger charge is 2.33. The number of halogens is 2. The van der Waals surface area contributed by atoms with Crippen LogP contribution >= 0.6 is 11.3 Å². The molecule has 0 saturated carbocycles. The summed E-state index contributed by atoms with van der Waals surface area (Å²) in [5, 5.41) is 13.2. The maximum Gasteiger partial charge on any atom is 0.271 e. The molecule has 36 heavy (non-hydrogen) atoms. The lowest BCUT2D eigenvalue weighted by Gasteiger charge is -2.35. The zero-order valence-corrected chi connectivity index (χ0v) is 19.9. The van der Waals surface area contributed by atoms with Crippen molar-refractivity contribution < 1.29 is 13.6 Å². The molecule has 1 fully saturated rings. The van der Waals surface area contributed by atoms with E-state index in [0.717, 1.165) is 0 Å². The van der Waals surface area contributed by atoms with Crippen molar-refractivity contribution in [1.82, 2.24) is 14.9 Å². The normalized spacial score (nSPS) is 14.0. The van der Waals surface area contributed by atoms with Crippen molar-refractivity contribution in [3.63, 3.8) is 0 Å². The molecular weight excluding hydrogens is 484 g/mol. The average molecular weight is 506 g/mol. The Balaban J connectivity index is 1.74. The van der Waals surface area contributed by atoms with Crippen molar-refractivity contribution in [2.75, 3.05) is 18.0 Å². The molecule has 1 saturated heterocycles. The number of thiazole rings is 1. The molecule has 2 aromatic heterocycles. The molecule has 0 aliphatic carbocycles. The van der Waals surface area contributed by atoms with Crippen LogP contribution in [0.3, 0.4) is 0 Å². The van der Waals surface area contributed by atoms with Crippen molar-refractivity contribution in [3.8, 4) is 6.07 Å². The van der Waals surface area contributed by atoms with Gasteiger partial charge in [-0.25, -0.2) is 9.37 Å². The van der Waals surface area contributed by atoms with Crippen LogP contribution in [0.15, 0.2) is 59.5 Å². The van der Waals surface area contributed by atoms with Crippen LogP contribution in [-0.4, -0.2) is 34.6 Å². The number of nitrogens with zero attached hydrogens (tertiary/aromatic N) is 4. The predicted octanol–water partition coefficient (Wildman–Crippen LogP) is 4.05. The Labute approximate surface area is 209 Å². The summed E-state index contributed by atoms with van der Waals surface area (Å²) in [6.45, 7) is 1.44. The number of amides is 1. The largest absolute Gasteiger partial charge is 0.317 e. The van der Waals surface area contributed by atoms with Crippen LogP contribution in [-0.2, 0) is 6.54 Å². The third-order valence-corrected chi connectivity index (χ3v) is 7.11. The van der Waals surface area contributed by atoms with Crippen LogP contribution in [0.2, 0.25) is 0 Å². The highest BCUT2D eigenvalue weighted by Crippen LogP contribution is 2.34. The average Bonchev–Trinajstić information content (AvgIpc) is 3.34. The SMILES string of the molecule is N#Cc1c(N(C(=O)c2cnc(F)s2)C2CCNCC2)c2ccccc2n(Cc2ccc(F)cc2)c1=O. The van der Waals surface area contributed by atoms with E-state index in [0.29, 0.717) is 53.7 Å². The van der Waals surface area contributed by atoms with Gasteiger partial charge < -0.3 is 14.8 Å². The van der Waals surface area contributed by atoms with E-state index in [1.807, 2.05) is 6.07 Å². The summed E-state index contributed by atoms with van der Waals surface area (Å²) in [6, 6.07) is 14.6. The van der Waals surface area contributed by atoms with Crippen molar-refractivity contribution >= 4 is 33.8 Å².